The molecule has 0 heteroatoms. The van der Waals surface area contributed by atoms with Crippen LogP contribution >= 0.6 is 0 Å². The summed E-state index contributed by atoms with van der Waals surface area (Å²) < 4.78 is 0. The highest BCUT2D eigenvalue weighted by Gasteiger charge is 2.37. The summed E-state index contributed by atoms with van der Waals surface area (Å²) in [6, 6.07) is 58.7. The third kappa shape index (κ3) is 4.22. The van der Waals surface area contributed by atoms with Crippen molar-refractivity contribution in [2.24, 2.45) is 0 Å². The van der Waals surface area contributed by atoms with Crippen molar-refractivity contribution < 1.29 is 0 Å². The molecule has 0 spiro atoms. The Morgan fingerprint density at radius 3 is 1.17 bits per heavy atom. The Bertz CT molecular complexity index is 2310. The van der Waals surface area contributed by atoms with Crippen molar-refractivity contribution in [2.75, 3.05) is 0 Å². The Kier molecular flexibility index (Phi) is 6.30. The second kappa shape index (κ2) is 10.5. The van der Waals surface area contributed by atoms with Gasteiger partial charge in [0.15, 0.2) is 0 Å². The molecular weight excluding hydrogens is 577 g/mol. The Hall–Kier alpha value is -5.46. The van der Waals surface area contributed by atoms with Gasteiger partial charge in [0.1, 0.15) is 0 Å². The lowest BCUT2D eigenvalue weighted by Crippen LogP contribution is -2.15. The van der Waals surface area contributed by atoms with E-state index in [4.69, 9.17) is 0 Å². The van der Waals surface area contributed by atoms with E-state index in [0.29, 0.717) is 0 Å². The number of benzene rings is 7. The molecule has 0 atom stereocenters. The molecule has 2 aliphatic carbocycles. The molecular formula is C48H38. The fraction of sp³-hybridized carbons (Fsp3) is 0.125. The van der Waals surface area contributed by atoms with Crippen molar-refractivity contribution in [3.8, 4) is 66.8 Å². The Morgan fingerprint density at radius 2 is 0.646 bits per heavy atom. The smallest absolute Gasteiger partial charge is 0.0159 e. The van der Waals surface area contributed by atoms with E-state index in [9.17, 15) is 0 Å². The van der Waals surface area contributed by atoms with Gasteiger partial charge in [-0.1, -0.05) is 167 Å². The average molecular weight is 615 g/mol. The van der Waals surface area contributed by atoms with Crippen molar-refractivity contribution in [2.45, 2.75) is 38.5 Å². The van der Waals surface area contributed by atoms with Crippen LogP contribution in [0.3, 0.4) is 0 Å². The van der Waals surface area contributed by atoms with Crippen molar-refractivity contribution in [1.82, 2.24) is 0 Å². The van der Waals surface area contributed by atoms with Crippen molar-refractivity contribution in [3.05, 3.63) is 180 Å². The minimum absolute atomic E-state index is 0.0147. The van der Waals surface area contributed by atoms with Gasteiger partial charge in [0.05, 0.1) is 0 Å². The van der Waals surface area contributed by atoms with Gasteiger partial charge in [0, 0.05) is 10.8 Å². The van der Waals surface area contributed by atoms with E-state index in [-0.39, 0.29) is 10.8 Å². The number of hydrogen-bond donors (Lipinski definition) is 0. The van der Waals surface area contributed by atoms with Crippen LogP contribution in [0.4, 0.5) is 0 Å². The van der Waals surface area contributed by atoms with E-state index in [1.165, 1.54) is 89.0 Å². The van der Waals surface area contributed by atoms with Gasteiger partial charge < -0.3 is 0 Å². The lowest BCUT2D eigenvalue weighted by atomic mass is 9.79. The first-order valence-corrected chi connectivity index (χ1v) is 17.1. The molecule has 0 saturated heterocycles. The topological polar surface area (TPSA) is 0 Å². The Balaban J connectivity index is 1.16. The van der Waals surface area contributed by atoms with Crippen molar-refractivity contribution in [1.29, 1.82) is 0 Å². The molecule has 0 nitrogen and oxygen atoms in total. The Morgan fingerprint density at radius 1 is 0.271 bits per heavy atom. The predicted molar refractivity (Wildman–Crippen MR) is 203 cm³/mol. The molecule has 0 N–H and O–H groups in total. The quantitative estimate of drug-likeness (QED) is 0.185. The van der Waals surface area contributed by atoms with E-state index >= 15 is 0 Å². The minimum Gasteiger partial charge on any atom is -0.0622 e. The molecule has 0 heterocycles. The summed E-state index contributed by atoms with van der Waals surface area (Å²) in [7, 11) is 0. The van der Waals surface area contributed by atoms with Gasteiger partial charge in [-0.15, -0.1) is 0 Å². The molecule has 0 radical (unpaired) electrons. The Labute approximate surface area is 284 Å². The summed E-state index contributed by atoms with van der Waals surface area (Å²) in [5.41, 5.74) is 21.0. The van der Waals surface area contributed by atoms with Crippen LogP contribution in [0.2, 0.25) is 0 Å². The summed E-state index contributed by atoms with van der Waals surface area (Å²) in [6.45, 7) is 9.52. The molecule has 48 heavy (non-hydrogen) atoms. The zero-order valence-corrected chi connectivity index (χ0v) is 28.0. The van der Waals surface area contributed by atoms with Gasteiger partial charge in [-0.25, -0.2) is 0 Å². The molecule has 230 valence electrons. The summed E-state index contributed by atoms with van der Waals surface area (Å²) in [6.07, 6.45) is 0. The molecule has 0 saturated carbocycles. The molecule has 0 fully saturated rings. The summed E-state index contributed by atoms with van der Waals surface area (Å²) >= 11 is 0. The van der Waals surface area contributed by atoms with Crippen LogP contribution in [-0.2, 0) is 10.8 Å². The fourth-order valence-electron chi connectivity index (χ4n) is 8.54. The highest BCUT2D eigenvalue weighted by molar-refractivity contribution is 5.96. The van der Waals surface area contributed by atoms with Crippen LogP contribution in [0.25, 0.3) is 66.8 Å². The normalized spacial score (nSPS) is 14.6. The third-order valence-electron chi connectivity index (χ3n) is 11.1. The molecule has 9 rings (SSSR count). The second-order valence-corrected chi connectivity index (χ2v) is 14.5. The highest BCUT2D eigenvalue weighted by Crippen LogP contribution is 2.53. The standard InChI is InChI=1S/C48H38/c1-47(2)42-21-12-11-18-38(42)39-25-22-33(28-43(39)47)34-23-26-40-41-27-24-35(30-45(41)48(3,4)44(40)29-34)46-36(31-14-7-5-8-15-31)19-13-20-37(46)32-16-9-6-10-17-32/h5-30H,1-4H3. The van der Waals surface area contributed by atoms with Crippen LogP contribution in [0.15, 0.2) is 158 Å². The first-order valence-electron chi connectivity index (χ1n) is 17.1. The molecule has 7 aromatic rings. The maximum Gasteiger partial charge on any atom is 0.0159 e. The number of rotatable bonds is 4. The van der Waals surface area contributed by atoms with Crippen LogP contribution in [0.5, 0.6) is 0 Å². The molecule has 0 amide bonds. The summed E-state index contributed by atoms with van der Waals surface area (Å²) in [4.78, 5) is 0. The van der Waals surface area contributed by atoms with Crippen molar-refractivity contribution in [3.63, 3.8) is 0 Å². The molecule has 0 bridgehead atoms. The zero-order chi connectivity index (χ0) is 32.6. The fourth-order valence-corrected chi connectivity index (χ4v) is 8.54. The van der Waals surface area contributed by atoms with Crippen LogP contribution < -0.4 is 0 Å². The monoisotopic (exact) mass is 614 g/mol. The van der Waals surface area contributed by atoms with Gasteiger partial charge in [0.25, 0.3) is 0 Å². The van der Waals surface area contributed by atoms with Gasteiger partial charge in [-0.3, -0.25) is 0 Å². The summed E-state index contributed by atoms with van der Waals surface area (Å²) in [5, 5.41) is 0. The van der Waals surface area contributed by atoms with E-state index in [1.807, 2.05) is 0 Å². The number of fused-ring (bicyclic) bond motifs is 6. The minimum atomic E-state index is -0.141. The molecule has 7 aromatic carbocycles. The molecule has 0 unspecified atom stereocenters. The van der Waals surface area contributed by atoms with Gasteiger partial charge >= 0.3 is 0 Å². The van der Waals surface area contributed by atoms with E-state index in [1.54, 1.807) is 0 Å². The maximum absolute atomic E-state index is 2.47. The molecule has 2 aliphatic rings. The molecule has 0 aromatic heterocycles. The summed E-state index contributed by atoms with van der Waals surface area (Å²) in [5.74, 6) is 0. The SMILES string of the molecule is CC1(C)c2ccccc2-c2ccc(-c3ccc4c(c3)C(C)(C)c3cc(-c5c(-c6ccccc6)cccc5-c5ccccc5)ccc3-4)cc21. The van der Waals surface area contributed by atoms with E-state index in [2.05, 4.69) is 185 Å². The molecule has 0 aliphatic heterocycles. The average Bonchev–Trinajstić information content (AvgIpc) is 3.50. The highest BCUT2D eigenvalue weighted by atomic mass is 14.4. The van der Waals surface area contributed by atoms with Crippen molar-refractivity contribution >= 4 is 0 Å². The maximum atomic E-state index is 2.47. The first-order chi connectivity index (χ1) is 23.3. The second-order valence-electron chi connectivity index (χ2n) is 14.5. The largest absolute Gasteiger partial charge is 0.0622 e. The van der Waals surface area contributed by atoms with Crippen LogP contribution in [0, 0.1) is 0 Å². The van der Waals surface area contributed by atoms with E-state index in [0.717, 1.165) is 0 Å². The number of hydrogen-bond acceptors (Lipinski definition) is 0. The predicted octanol–water partition coefficient (Wildman–Crippen LogP) is 13.0. The van der Waals surface area contributed by atoms with Gasteiger partial charge in [-0.05, 0) is 107 Å². The van der Waals surface area contributed by atoms with E-state index < -0.39 is 0 Å². The lowest BCUT2D eigenvalue weighted by molar-refractivity contribution is 0.659. The van der Waals surface area contributed by atoms with Gasteiger partial charge in [-0.2, -0.15) is 0 Å². The van der Waals surface area contributed by atoms with Gasteiger partial charge in [0.2, 0.25) is 0 Å². The van der Waals surface area contributed by atoms with Crippen LogP contribution in [0.1, 0.15) is 49.9 Å². The van der Waals surface area contributed by atoms with Crippen LogP contribution in [-0.4, -0.2) is 0 Å². The first kappa shape index (κ1) is 28.7. The lowest BCUT2D eigenvalue weighted by Gasteiger charge is -2.24. The third-order valence-corrected chi connectivity index (χ3v) is 11.1. The zero-order valence-electron chi connectivity index (χ0n) is 28.0.